The van der Waals surface area contributed by atoms with Crippen LogP contribution in [0.5, 0.6) is 0 Å². The number of hydrogen-bond acceptors (Lipinski definition) is 0. The summed E-state index contributed by atoms with van der Waals surface area (Å²) >= 11 is 8.39. The van der Waals surface area contributed by atoms with E-state index in [2.05, 4.69) is 119 Å². The van der Waals surface area contributed by atoms with Crippen LogP contribution in [0.3, 0.4) is 0 Å². The molecule has 0 aliphatic heterocycles. The van der Waals surface area contributed by atoms with Crippen LogP contribution in [0.2, 0.25) is 13.2 Å². The Balaban J connectivity index is 0.00000201. The Morgan fingerprint density at radius 1 is 0.792 bits per heavy atom. The Bertz CT molecular complexity index is 1830. The second-order valence-electron chi connectivity index (χ2n) is 16.3. The van der Waals surface area contributed by atoms with Crippen molar-refractivity contribution in [2.24, 2.45) is 29.1 Å². The molecule has 0 spiro atoms. The van der Waals surface area contributed by atoms with E-state index in [4.69, 9.17) is 27.4 Å². The van der Waals surface area contributed by atoms with E-state index in [1.165, 1.54) is 38.6 Å². The Kier molecular flexibility index (Phi) is 9.74. The number of halogens is 4. The van der Waals surface area contributed by atoms with Crippen molar-refractivity contribution < 1.29 is 18.3 Å². The molecular formula is C43H50Cl4Zr. The van der Waals surface area contributed by atoms with Gasteiger partial charge in [-0.05, 0) is 0 Å². The molecule has 0 amide bonds. The third kappa shape index (κ3) is 4.59. The van der Waals surface area contributed by atoms with Gasteiger partial charge in [0.15, 0.2) is 0 Å². The topological polar surface area (TPSA) is 0 Å². The molecule has 0 aromatic heterocycles. The van der Waals surface area contributed by atoms with E-state index < -0.39 is 18.3 Å². The minimum absolute atomic E-state index is 0. The predicted octanol–water partition coefficient (Wildman–Crippen LogP) is 12.1. The van der Waals surface area contributed by atoms with Crippen LogP contribution < -0.4 is 6.54 Å². The molecule has 5 aliphatic rings. The van der Waals surface area contributed by atoms with Crippen molar-refractivity contribution in [1.29, 1.82) is 0 Å². The summed E-state index contributed by atoms with van der Waals surface area (Å²) in [6.45, 7) is 10.6. The zero-order valence-corrected chi connectivity index (χ0v) is 34.4. The molecule has 6 unspecified atom stereocenters. The van der Waals surface area contributed by atoms with E-state index in [0.717, 1.165) is 34.7 Å². The molecule has 0 nitrogen and oxygen atoms in total. The molecule has 0 heterocycles. The van der Waals surface area contributed by atoms with Crippen LogP contribution in [0.1, 0.15) is 83.3 Å². The Labute approximate surface area is 311 Å². The summed E-state index contributed by atoms with van der Waals surface area (Å²) in [7, 11) is 0. The number of allylic oxidation sites excluding steroid dienone is 6. The molecule has 0 N–H and O–H groups in total. The summed E-state index contributed by atoms with van der Waals surface area (Å²) in [5, 5.41) is 1.58. The van der Waals surface area contributed by atoms with E-state index in [0.29, 0.717) is 17.8 Å². The fourth-order valence-corrected chi connectivity index (χ4v) is 32.9. The molecule has 5 heteroatoms. The summed E-state index contributed by atoms with van der Waals surface area (Å²) in [6.07, 6.45) is 16.0. The van der Waals surface area contributed by atoms with Crippen LogP contribution in [0, 0.1) is 29.1 Å². The van der Waals surface area contributed by atoms with Gasteiger partial charge in [0.05, 0.1) is 0 Å². The molecular weight excluding hydrogens is 750 g/mol. The minimum atomic E-state index is -5.00. The molecule has 48 heavy (non-hydrogen) atoms. The van der Waals surface area contributed by atoms with Crippen molar-refractivity contribution in [1.82, 2.24) is 0 Å². The number of hydrogen-bond donors (Lipinski definition) is 0. The molecule has 5 aliphatic carbocycles. The van der Waals surface area contributed by atoms with Crippen molar-refractivity contribution in [3.8, 4) is 0 Å². The monoisotopic (exact) mass is 796 g/mol. The summed E-state index contributed by atoms with van der Waals surface area (Å²) in [5.74, 6) is 3.18. The summed E-state index contributed by atoms with van der Waals surface area (Å²) in [6, 6.07) is 27.5. The van der Waals surface area contributed by atoms with Crippen LogP contribution in [0.25, 0.3) is 0 Å². The van der Waals surface area contributed by atoms with E-state index >= 15 is 0 Å². The molecule has 0 saturated heterocycles. The summed E-state index contributed by atoms with van der Waals surface area (Å²) in [5.41, 5.74) is 6.77. The summed E-state index contributed by atoms with van der Waals surface area (Å²) in [4.78, 5) is 0. The van der Waals surface area contributed by atoms with Gasteiger partial charge in [-0.1, -0.05) is 0 Å². The first-order valence-corrected chi connectivity index (χ1v) is 25.2. The third-order valence-electron chi connectivity index (χ3n) is 14.9. The second kappa shape index (κ2) is 12.8. The van der Waals surface area contributed by atoms with Crippen LogP contribution in [0.15, 0.2) is 105 Å². The number of rotatable bonds is 4. The van der Waals surface area contributed by atoms with Crippen molar-refractivity contribution in [3.63, 3.8) is 0 Å². The molecule has 3 aromatic carbocycles. The van der Waals surface area contributed by atoms with Gasteiger partial charge in [-0.15, -0.1) is 24.8 Å². The fourth-order valence-electron chi connectivity index (χ4n) is 12.2. The van der Waals surface area contributed by atoms with E-state index in [1.807, 2.05) is 5.57 Å². The molecule has 254 valence electrons. The van der Waals surface area contributed by atoms with Gasteiger partial charge in [0.1, 0.15) is 0 Å². The summed E-state index contributed by atoms with van der Waals surface area (Å²) < 4.78 is 10.2. The standard InChI is InChI=1S/C25H33.2C6H4Cl.C5H5.CH2.2ClH.Zr/c1-15-13-21-19-11-7-8-12-20(19)24-18-10-6-5-9-17(18)14-22(24)23(21)16(2)25(15,3)4;2*7-6-4-2-1-3-5-6;1-2-4-5-3-1;;;;/h5-6,9-10,15,19-21,24H,7-8,11-14H2,1-4H3;2*2-5H;1-3H,4H2;1H2;2*1H;. The SMILES string of the molecule is Cl.Cl.[CH2]=[Zr]([C]1=CC=CC1)([c]1ccc(Cl)cc1)([c]1ccc(Cl)cc1)[C]1(C)C2=C3Cc4ccccc4C3C3CCCCC3C2CC(C)C1(C)C. The molecule has 6 atom stereocenters. The number of fused-ring (bicyclic) bond motifs is 7. The van der Waals surface area contributed by atoms with Crippen LogP contribution in [-0.2, 0) is 24.7 Å². The first-order chi connectivity index (χ1) is 22.0. The molecule has 0 bridgehead atoms. The van der Waals surface area contributed by atoms with Crippen LogP contribution >= 0.6 is 48.0 Å². The average Bonchev–Trinajstić information content (AvgIpc) is 3.74. The van der Waals surface area contributed by atoms with Crippen molar-refractivity contribution in [3.05, 3.63) is 127 Å². The Morgan fingerprint density at radius 2 is 1.38 bits per heavy atom. The van der Waals surface area contributed by atoms with Gasteiger partial charge >= 0.3 is 290 Å². The molecule has 0 radical (unpaired) electrons. The van der Waals surface area contributed by atoms with E-state index in [-0.39, 0.29) is 33.4 Å². The van der Waals surface area contributed by atoms with Gasteiger partial charge < -0.3 is 0 Å². The Hall–Kier alpha value is -1.21. The normalized spacial score (nSPS) is 30.2. The maximum absolute atomic E-state index is 6.69. The molecule has 8 rings (SSSR count). The zero-order valence-electron chi connectivity index (χ0n) is 28.8. The first-order valence-electron chi connectivity index (χ1n) is 17.7. The van der Waals surface area contributed by atoms with Gasteiger partial charge in [0.25, 0.3) is 0 Å². The fraction of sp³-hybridized carbons (Fsp3) is 0.419. The van der Waals surface area contributed by atoms with Crippen molar-refractivity contribution in [2.75, 3.05) is 0 Å². The van der Waals surface area contributed by atoms with Crippen LogP contribution in [0.4, 0.5) is 0 Å². The molecule has 2 saturated carbocycles. The predicted molar refractivity (Wildman–Crippen MR) is 210 cm³/mol. The first kappa shape index (κ1) is 36.6. The Morgan fingerprint density at radius 3 is 1.96 bits per heavy atom. The second-order valence-corrected chi connectivity index (χ2v) is 31.2. The van der Waals surface area contributed by atoms with Gasteiger partial charge in [0, 0.05) is 0 Å². The van der Waals surface area contributed by atoms with Crippen molar-refractivity contribution in [2.45, 2.75) is 81.7 Å². The number of benzene rings is 3. The third-order valence-corrected chi connectivity index (χ3v) is 35.4. The quantitative estimate of drug-likeness (QED) is 0.231. The molecule has 3 aromatic rings. The van der Waals surface area contributed by atoms with Crippen molar-refractivity contribution >= 4 is 58.8 Å². The molecule has 2 fully saturated rings. The van der Waals surface area contributed by atoms with Gasteiger partial charge in [-0.2, -0.15) is 0 Å². The average molecular weight is 800 g/mol. The van der Waals surface area contributed by atoms with Gasteiger partial charge in [0.2, 0.25) is 0 Å². The van der Waals surface area contributed by atoms with Crippen LogP contribution in [-0.4, -0.2) is 4.21 Å². The van der Waals surface area contributed by atoms with E-state index in [9.17, 15) is 0 Å². The van der Waals surface area contributed by atoms with E-state index in [1.54, 1.807) is 20.0 Å². The maximum atomic E-state index is 6.69. The van der Waals surface area contributed by atoms with Gasteiger partial charge in [-0.3, -0.25) is 0 Å². The zero-order chi connectivity index (χ0) is 32.1. The van der Waals surface area contributed by atoms with Gasteiger partial charge in [-0.25, -0.2) is 0 Å².